The molecule has 0 atom stereocenters. The fourth-order valence-corrected chi connectivity index (χ4v) is 5.96. The topological polar surface area (TPSA) is 91.4 Å². The van der Waals surface area contributed by atoms with E-state index in [2.05, 4.69) is 57.0 Å². The highest BCUT2D eigenvalue weighted by atomic mass is 16.3. The highest BCUT2D eigenvalue weighted by Crippen LogP contribution is 2.41. The lowest BCUT2D eigenvalue weighted by Gasteiger charge is -2.14. The minimum Gasteiger partial charge on any atom is -0.454 e. The van der Waals surface area contributed by atoms with Crippen LogP contribution in [0.3, 0.4) is 0 Å². The summed E-state index contributed by atoms with van der Waals surface area (Å²) >= 11 is 0. The van der Waals surface area contributed by atoms with E-state index in [1.54, 1.807) is 36.7 Å². The Balaban J connectivity index is 1.54. The number of pyridine rings is 2. The molecular weight excluding hydrogens is 518 g/mol. The first kappa shape index (κ1) is 23.6. The van der Waals surface area contributed by atoms with Crippen molar-refractivity contribution in [2.24, 2.45) is 0 Å². The van der Waals surface area contributed by atoms with Crippen LogP contribution in [0.2, 0.25) is 0 Å². The second-order valence-electron chi connectivity index (χ2n) is 10.1. The molecule has 0 aliphatic heterocycles. The number of benzene rings is 4. The van der Waals surface area contributed by atoms with Gasteiger partial charge in [-0.05, 0) is 60.7 Å². The Hall–Kier alpha value is -6.24. The Labute approximate surface area is 239 Å². The Bertz CT molecular complexity index is 2380. The molecule has 0 saturated carbocycles. The van der Waals surface area contributed by atoms with Crippen LogP contribution in [0, 0.1) is 22.7 Å². The number of aromatic nitrogens is 3. The van der Waals surface area contributed by atoms with Crippen molar-refractivity contribution in [1.82, 2.24) is 14.5 Å². The predicted octanol–water partition coefficient (Wildman–Crippen LogP) is 8.55. The average Bonchev–Trinajstić information content (AvgIpc) is 3.60. The third-order valence-electron chi connectivity index (χ3n) is 7.76. The lowest BCUT2D eigenvalue weighted by atomic mass is 9.99. The summed E-state index contributed by atoms with van der Waals surface area (Å²) in [4.78, 5) is 9.17. The summed E-state index contributed by atoms with van der Waals surface area (Å²) in [7, 11) is 0. The van der Waals surface area contributed by atoms with Crippen molar-refractivity contribution in [3.63, 3.8) is 0 Å². The highest BCUT2D eigenvalue weighted by molar-refractivity contribution is 6.21. The number of furan rings is 1. The van der Waals surface area contributed by atoms with Gasteiger partial charge in [-0.1, -0.05) is 42.5 Å². The highest BCUT2D eigenvalue weighted by Gasteiger charge is 2.21. The molecule has 0 saturated heterocycles. The molecule has 6 nitrogen and oxygen atoms in total. The summed E-state index contributed by atoms with van der Waals surface area (Å²) in [6, 6.07) is 38.2. The molecule has 194 valence electrons. The zero-order valence-corrected chi connectivity index (χ0v) is 22.1. The zero-order chi connectivity index (χ0) is 28.2. The van der Waals surface area contributed by atoms with Crippen LogP contribution < -0.4 is 0 Å². The molecule has 4 heterocycles. The van der Waals surface area contributed by atoms with E-state index in [0.29, 0.717) is 22.5 Å². The average molecular weight is 538 g/mol. The molecule has 0 radical (unpaired) electrons. The Kier molecular flexibility index (Phi) is 5.15. The molecule has 0 amide bonds. The van der Waals surface area contributed by atoms with E-state index in [0.717, 1.165) is 60.6 Å². The normalized spacial score (nSPS) is 11.3. The number of nitriles is 2. The molecule has 0 unspecified atom stereocenters. The summed E-state index contributed by atoms with van der Waals surface area (Å²) in [5.41, 5.74) is 7.95. The smallest absolute Gasteiger partial charge is 0.160 e. The van der Waals surface area contributed by atoms with Crippen molar-refractivity contribution in [2.45, 2.75) is 0 Å². The lowest BCUT2D eigenvalue weighted by Crippen LogP contribution is -1.99. The van der Waals surface area contributed by atoms with Gasteiger partial charge in [-0.15, -0.1) is 0 Å². The van der Waals surface area contributed by atoms with Crippen molar-refractivity contribution in [2.75, 3.05) is 0 Å². The van der Waals surface area contributed by atoms with Gasteiger partial charge in [-0.3, -0.25) is 9.97 Å². The number of nitrogens with zero attached hydrogens (tertiary/aromatic N) is 5. The predicted molar refractivity (Wildman–Crippen MR) is 164 cm³/mol. The molecular formula is C36H19N5O. The van der Waals surface area contributed by atoms with Gasteiger partial charge in [0.05, 0.1) is 33.5 Å². The fourth-order valence-electron chi connectivity index (χ4n) is 5.96. The van der Waals surface area contributed by atoms with E-state index in [9.17, 15) is 10.5 Å². The third-order valence-corrected chi connectivity index (χ3v) is 7.76. The van der Waals surface area contributed by atoms with E-state index in [1.807, 2.05) is 48.5 Å². The Morgan fingerprint density at radius 3 is 1.90 bits per heavy atom. The second kappa shape index (κ2) is 9.16. The summed E-state index contributed by atoms with van der Waals surface area (Å²) < 4.78 is 8.73. The number of hydrogen-bond donors (Lipinski definition) is 0. The van der Waals surface area contributed by atoms with Crippen molar-refractivity contribution >= 4 is 43.7 Å². The van der Waals surface area contributed by atoms with Crippen molar-refractivity contribution in [3.8, 4) is 40.3 Å². The summed E-state index contributed by atoms with van der Waals surface area (Å²) in [5.74, 6) is 0. The maximum absolute atomic E-state index is 9.91. The van der Waals surface area contributed by atoms with Gasteiger partial charge in [-0.25, -0.2) is 0 Å². The first-order valence-corrected chi connectivity index (χ1v) is 13.4. The van der Waals surface area contributed by atoms with E-state index < -0.39 is 0 Å². The molecule has 8 aromatic rings. The number of rotatable bonds is 3. The van der Waals surface area contributed by atoms with E-state index in [-0.39, 0.29) is 0 Å². The van der Waals surface area contributed by atoms with Crippen LogP contribution in [0.25, 0.3) is 71.9 Å². The Morgan fingerprint density at radius 1 is 0.595 bits per heavy atom. The quantitative estimate of drug-likeness (QED) is 0.225. The number of fused-ring (bicyclic) bond motifs is 7. The molecule has 0 N–H and O–H groups in total. The molecule has 8 rings (SSSR count). The SMILES string of the molecule is N#Cc1cccnc1-c1cc(-c2ncccc2C#N)cc(-n2c3ccccc3c3ccc4c5ccccc5oc4c32)c1. The van der Waals surface area contributed by atoms with E-state index in [4.69, 9.17) is 4.42 Å². The summed E-state index contributed by atoms with van der Waals surface area (Å²) in [6.07, 6.45) is 3.37. The minimum absolute atomic E-state index is 0.462. The zero-order valence-electron chi connectivity index (χ0n) is 22.1. The maximum Gasteiger partial charge on any atom is 0.160 e. The molecule has 0 spiro atoms. The van der Waals surface area contributed by atoms with Crippen LogP contribution in [-0.2, 0) is 0 Å². The van der Waals surface area contributed by atoms with Crippen LogP contribution in [0.15, 0.2) is 120 Å². The monoisotopic (exact) mass is 537 g/mol. The van der Waals surface area contributed by atoms with Crippen LogP contribution in [0.4, 0.5) is 0 Å². The molecule has 0 aliphatic carbocycles. The van der Waals surface area contributed by atoms with Gasteiger partial charge in [-0.2, -0.15) is 10.5 Å². The van der Waals surface area contributed by atoms with Gasteiger partial charge < -0.3 is 8.98 Å². The second-order valence-corrected chi connectivity index (χ2v) is 10.1. The fraction of sp³-hybridized carbons (Fsp3) is 0. The van der Waals surface area contributed by atoms with Crippen molar-refractivity contribution in [1.29, 1.82) is 10.5 Å². The first-order valence-electron chi connectivity index (χ1n) is 13.4. The number of hydrogen-bond acceptors (Lipinski definition) is 5. The standard InChI is InChI=1S/C36H19N5O/c37-20-22-7-5-15-39-33(22)24-17-25(34-23(21-38)8-6-16-40-34)19-26(18-24)41-31-11-3-1-9-27(31)29-13-14-30-28-10-2-4-12-32(28)42-36(30)35(29)41/h1-19H. The van der Waals surface area contributed by atoms with Crippen LogP contribution in [-0.4, -0.2) is 14.5 Å². The van der Waals surface area contributed by atoms with Gasteiger partial charge in [0.15, 0.2) is 5.58 Å². The van der Waals surface area contributed by atoms with E-state index >= 15 is 0 Å². The van der Waals surface area contributed by atoms with Crippen LogP contribution in [0.1, 0.15) is 11.1 Å². The van der Waals surface area contributed by atoms with Gasteiger partial charge in [0.1, 0.15) is 17.7 Å². The molecule has 0 bridgehead atoms. The molecule has 4 aromatic carbocycles. The maximum atomic E-state index is 9.91. The van der Waals surface area contributed by atoms with Gasteiger partial charge in [0.25, 0.3) is 0 Å². The lowest BCUT2D eigenvalue weighted by molar-refractivity contribution is 0.671. The third kappa shape index (κ3) is 3.43. The van der Waals surface area contributed by atoms with Crippen LogP contribution >= 0.6 is 0 Å². The van der Waals surface area contributed by atoms with Gasteiger partial charge >= 0.3 is 0 Å². The molecule has 6 heteroatoms. The van der Waals surface area contributed by atoms with Crippen LogP contribution in [0.5, 0.6) is 0 Å². The summed E-state index contributed by atoms with van der Waals surface area (Å²) in [6.45, 7) is 0. The van der Waals surface area contributed by atoms with Crippen molar-refractivity contribution in [3.05, 3.63) is 127 Å². The van der Waals surface area contributed by atoms with Gasteiger partial charge in [0, 0.05) is 50.8 Å². The first-order chi connectivity index (χ1) is 20.7. The summed E-state index contributed by atoms with van der Waals surface area (Å²) in [5, 5.41) is 24.1. The molecule has 0 fully saturated rings. The Morgan fingerprint density at radius 2 is 1.21 bits per heavy atom. The molecule has 0 aliphatic rings. The molecule has 42 heavy (non-hydrogen) atoms. The van der Waals surface area contributed by atoms with E-state index in [1.165, 1.54) is 0 Å². The minimum atomic E-state index is 0.462. The largest absolute Gasteiger partial charge is 0.454 e. The van der Waals surface area contributed by atoms with Gasteiger partial charge in [0.2, 0.25) is 0 Å². The van der Waals surface area contributed by atoms with Crippen molar-refractivity contribution < 1.29 is 4.42 Å². The number of para-hydroxylation sites is 2. The molecule has 4 aromatic heterocycles.